The van der Waals surface area contributed by atoms with Crippen molar-refractivity contribution in [2.75, 3.05) is 19.6 Å². The zero-order valence-corrected chi connectivity index (χ0v) is 8.29. The highest BCUT2D eigenvalue weighted by Crippen LogP contribution is 2.20. The van der Waals surface area contributed by atoms with E-state index in [2.05, 4.69) is 18.7 Å². The van der Waals surface area contributed by atoms with Gasteiger partial charge in [0, 0.05) is 13.1 Å². The predicted molar refractivity (Wildman–Crippen MR) is 51.1 cm³/mol. The Kier molecular flexibility index (Phi) is 4.02. The van der Waals surface area contributed by atoms with Gasteiger partial charge in [0.1, 0.15) is 0 Å². The van der Waals surface area contributed by atoms with Crippen molar-refractivity contribution in [2.24, 2.45) is 5.92 Å². The fourth-order valence-corrected chi connectivity index (χ4v) is 2.04. The first-order valence-corrected chi connectivity index (χ1v) is 5.18. The topological polar surface area (TPSA) is 23.5 Å². The van der Waals surface area contributed by atoms with Gasteiger partial charge < -0.3 is 10.0 Å². The Balaban J connectivity index is 2.36. The van der Waals surface area contributed by atoms with E-state index in [0.29, 0.717) is 5.92 Å². The molecule has 0 aromatic heterocycles. The van der Waals surface area contributed by atoms with E-state index in [1.165, 1.54) is 12.8 Å². The highest BCUT2D eigenvalue weighted by Gasteiger charge is 2.25. The van der Waals surface area contributed by atoms with Crippen molar-refractivity contribution < 1.29 is 5.11 Å². The molecule has 1 N–H and O–H groups in total. The Labute approximate surface area is 75.6 Å². The maximum atomic E-state index is 9.69. The number of rotatable bonds is 3. The molecule has 2 atom stereocenters. The third-order valence-corrected chi connectivity index (χ3v) is 2.88. The quantitative estimate of drug-likeness (QED) is 0.695. The lowest BCUT2D eigenvalue weighted by Gasteiger charge is -2.35. The minimum absolute atomic E-state index is 0.0345. The molecule has 0 aliphatic carbocycles. The normalized spacial score (nSPS) is 32.2. The number of hydrogen-bond donors (Lipinski definition) is 1. The van der Waals surface area contributed by atoms with Gasteiger partial charge in [-0.1, -0.05) is 20.3 Å². The predicted octanol–water partition coefficient (Wildman–Crippen LogP) is 1.49. The number of nitrogens with zero attached hydrogens (tertiary/aromatic N) is 1. The molecule has 2 nitrogen and oxygen atoms in total. The van der Waals surface area contributed by atoms with Crippen molar-refractivity contribution in [3.05, 3.63) is 0 Å². The van der Waals surface area contributed by atoms with Gasteiger partial charge in [-0.25, -0.2) is 0 Å². The summed E-state index contributed by atoms with van der Waals surface area (Å²) in [7, 11) is 0. The molecule has 0 saturated carbocycles. The van der Waals surface area contributed by atoms with Crippen LogP contribution in [-0.2, 0) is 0 Å². The number of aliphatic hydroxyl groups is 1. The molecule has 1 heterocycles. The first-order chi connectivity index (χ1) is 5.77. The van der Waals surface area contributed by atoms with Gasteiger partial charge in [-0.05, 0) is 25.3 Å². The highest BCUT2D eigenvalue weighted by atomic mass is 16.3. The summed E-state index contributed by atoms with van der Waals surface area (Å²) < 4.78 is 0. The molecule has 0 unspecified atom stereocenters. The molecule has 1 rings (SSSR count). The van der Waals surface area contributed by atoms with Gasteiger partial charge >= 0.3 is 0 Å². The van der Waals surface area contributed by atoms with Gasteiger partial charge in [-0.15, -0.1) is 0 Å². The average molecular weight is 171 g/mol. The third-order valence-electron chi connectivity index (χ3n) is 2.88. The van der Waals surface area contributed by atoms with Crippen LogP contribution in [0.2, 0.25) is 0 Å². The van der Waals surface area contributed by atoms with E-state index in [9.17, 15) is 5.11 Å². The lowest BCUT2D eigenvalue weighted by molar-refractivity contribution is 0.0247. The second-order valence-corrected chi connectivity index (χ2v) is 3.80. The molecule has 72 valence electrons. The molecule has 0 spiro atoms. The number of hydrogen-bond acceptors (Lipinski definition) is 2. The van der Waals surface area contributed by atoms with Crippen molar-refractivity contribution in [3.63, 3.8) is 0 Å². The lowest BCUT2D eigenvalue weighted by atomic mass is 9.91. The summed E-state index contributed by atoms with van der Waals surface area (Å²) >= 11 is 0. The molecule has 12 heavy (non-hydrogen) atoms. The Morgan fingerprint density at radius 3 is 2.75 bits per heavy atom. The first-order valence-electron chi connectivity index (χ1n) is 5.18. The van der Waals surface area contributed by atoms with Crippen LogP contribution in [0.3, 0.4) is 0 Å². The average Bonchev–Trinajstić information content (AvgIpc) is 2.09. The standard InChI is InChI=1S/C10H21NO/c1-3-5-9-8-11(4-2)7-6-10(9)12/h9-10,12H,3-8H2,1-2H3/t9-,10-/m0/s1. The molecule has 1 aliphatic heterocycles. The molecular formula is C10H21NO. The summed E-state index contributed by atoms with van der Waals surface area (Å²) in [6.07, 6.45) is 3.31. The van der Waals surface area contributed by atoms with E-state index in [-0.39, 0.29) is 6.10 Å². The van der Waals surface area contributed by atoms with E-state index in [0.717, 1.165) is 26.1 Å². The fourth-order valence-electron chi connectivity index (χ4n) is 2.04. The molecule has 1 aliphatic rings. The van der Waals surface area contributed by atoms with Crippen LogP contribution >= 0.6 is 0 Å². The fraction of sp³-hybridized carbons (Fsp3) is 1.00. The summed E-state index contributed by atoms with van der Waals surface area (Å²) in [5.74, 6) is 0.531. The monoisotopic (exact) mass is 171 g/mol. The van der Waals surface area contributed by atoms with Crippen LogP contribution in [0.25, 0.3) is 0 Å². The molecule has 0 radical (unpaired) electrons. The maximum absolute atomic E-state index is 9.69. The molecule has 0 aromatic carbocycles. The number of likely N-dealkylation sites (tertiary alicyclic amines) is 1. The second kappa shape index (κ2) is 4.83. The van der Waals surface area contributed by atoms with Crippen molar-refractivity contribution in [1.82, 2.24) is 4.90 Å². The molecule has 2 heteroatoms. The molecule has 1 fully saturated rings. The molecule has 0 bridgehead atoms. The van der Waals surface area contributed by atoms with Gasteiger partial charge in [-0.2, -0.15) is 0 Å². The highest BCUT2D eigenvalue weighted by molar-refractivity contribution is 4.78. The lowest BCUT2D eigenvalue weighted by Crippen LogP contribution is -2.42. The minimum atomic E-state index is -0.0345. The van der Waals surface area contributed by atoms with Gasteiger partial charge in [-0.3, -0.25) is 0 Å². The SMILES string of the molecule is CCC[C@H]1CN(CC)CC[C@@H]1O. The largest absolute Gasteiger partial charge is 0.393 e. The van der Waals surface area contributed by atoms with Crippen LogP contribution in [0.1, 0.15) is 33.1 Å². The zero-order chi connectivity index (χ0) is 8.97. The molecule has 0 aromatic rings. The third kappa shape index (κ3) is 2.46. The van der Waals surface area contributed by atoms with Gasteiger partial charge in [0.25, 0.3) is 0 Å². The Morgan fingerprint density at radius 1 is 1.42 bits per heavy atom. The van der Waals surface area contributed by atoms with Gasteiger partial charge in [0.2, 0.25) is 0 Å². The Morgan fingerprint density at radius 2 is 2.17 bits per heavy atom. The smallest absolute Gasteiger partial charge is 0.0592 e. The van der Waals surface area contributed by atoms with Gasteiger partial charge in [0.05, 0.1) is 6.10 Å². The summed E-state index contributed by atoms with van der Waals surface area (Å²) in [5.41, 5.74) is 0. The number of aliphatic hydroxyl groups excluding tert-OH is 1. The van der Waals surface area contributed by atoms with Crippen LogP contribution in [0.4, 0.5) is 0 Å². The zero-order valence-electron chi connectivity index (χ0n) is 8.29. The summed E-state index contributed by atoms with van der Waals surface area (Å²) in [6, 6.07) is 0. The van der Waals surface area contributed by atoms with Gasteiger partial charge in [0.15, 0.2) is 0 Å². The van der Waals surface area contributed by atoms with Crippen molar-refractivity contribution in [1.29, 1.82) is 0 Å². The van der Waals surface area contributed by atoms with Crippen molar-refractivity contribution in [2.45, 2.75) is 39.2 Å². The van der Waals surface area contributed by atoms with Crippen LogP contribution in [0, 0.1) is 5.92 Å². The summed E-state index contributed by atoms with van der Waals surface area (Å²) in [5, 5.41) is 9.69. The summed E-state index contributed by atoms with van der Waals surface area (Å²) in [6.45, 7) is 7.70. The van der Waals surface area contributed by atoms with Crippen LogP contribution in [0.5, 0.6) is 0 Å². The van der Waals surface area contributed by atoms with Crippen molar-refractivity contribution >= 4 is 0 Å². The Bertz CT molecular complexity index is 127. The van der Waals surface area contributed by atoms with E-state index in [1.807, 2.05) is 0 Å². The minimum Gasteiger partial charge on any atom is -0.393 e. The first kappa shape index (κ1) is 10.0. The maximum Gasteiger partial charge on any atom is 0.0592 e. The molecular weight excluding hydrogens is 150 g/mol. The van der Waals surface area contributed by atoms with E-state index in [4.69, 9.17) is 0 Å². The van der Waals surface area contributed by atoms with E-state index < -0.39 is 0 Å². The van der Waals surface area contributed by atoms with Crippen LogP contribution < -0.4 is 0 Å². The van der Waals surface area contributed by atoms with E-state index >= 15 is 0 Å². The summed E-state index contributed by atoms with van der Waals surface area (Å²) in [4.78, 5) is 2.44. The van der Waals surface area contributed by atoms with Crippen LogP contribution in [0.15, 0.2) is 0 Å². The Hall–Kier alpha value is -0.0800. The van der Waals surface area contributed by atoms with Crippen LogP contribution in [-0.4, -0.2) is 35.7 Å². The van der Waals surface area contributed by atoms with Crippen molar-refractivity contribution in [3.8, 4) is 0 Å². The van der Waals surface area contributed by atoms with E-state index in [1.54, 1.807) is 0 Å². The molecule has 1 saturated heterocycles. The number of piperidine rings is 1. The second-order valence-electron chi connectivity index (χ2n) is 3.80. The molecule has 0 amide bonds.